The molecule has 1 aromatic rings. The first-order valence-electron chi connectivity index (χ1n) is 10.8. The summed E-state index contributed by atoms with van der Waals surface area (Å²) >= 11 is 4.19. The number of amides is 3. The summed E-state index contributed by atoms with van der Waals surface area (Å²) < 4.78 is 10.1. The van der Waals surface area contributed by atoms with E-state index in [4.69, 9.17) is 9.47 Å². The van der Waals surface area contributed by atoms with Crippen LogP contribution < -0.4 is 10.6 Å². The molecular weight excluding hydrogens is 446 g/mol. The highest BCUT2D eigenvalue weighted by Gasteiger charge is 2.34. The van der Waals surface area contributed by atoms with Gasteiger partial charge in [-0.15, -0.1) is 0 Å². The quantitative estimate of drug-likeness (QED) is 0.349. The van der Waals surface area contributed by atoms with Gasteiger partial charge in [-0.25, -0.2) is 4.79 Å². The fourth-order valence-corrected chi connectivity index (χ4v) is 3.29. The molecule has 1 rings (SSSR count). The third kappa shape index (κ3) is 9.33. The Morgan fingerprint density at radius 2 is 1.79 bits per heavy atom. The highest BCUT2D eigenvalue weighted by molar-refractivity contribution is 7.80. The van der Waals surface area contributed by atoms with Crippen molar-refractivity contribution in [1.82, 2.24) is 15.5 Å². The maximum Gasteiger partial charge on any atom is 0.408 e. The zero-order chi connectivity index (χ0) is 25.2. The van der Waals surface area contributed by atoms with E-state index in [1.807, 2.05) is 19.1 Å². The number of ether oxygens (including phenoxy) is 2. The molecule has 0 aliphatic heterocycles. The minimum atomic E-state index is -1.01. The molecule has 2 unspecified atom stereocenters. The lowest BCUT2D eigenvalue weighted by atomic mass is 9.99. The summed E-state index contributed by atoms with van der Waals surface area (Å²) in [5.74, 6) is -1.39. The summed E-state index contributed by atoms with van der Waals surface area (Å²) in [6.45, 7) is 9.00. The van der Waals surface area contributed by atoms with Gasteiger partial charge in [0.15, 0.2) is 0 Å². The summed E-state index contributed by atoms with van der Waals surface area (Å²) in [6.07, 6.45) is -0.744. The van der Waals surface area contributed by atoms with E-state index in [1.165, 1.54) is 11.9 Å². The molecule has 0 bridgehead atoms. The zero-order valence-electron chi connectivity index (χ0n) is 20.1. The fourth-order valence-electron chi connectivity index (χ4n) is 3.05. The standard InChI is InChI=1S/C23H35N3O6S/c1-7-31-18(27)12-13-24-20(28)19(16-11-9-8-10-15(16)2)26(6)21(29)17(14-33)25-22(30)32-23(3,4)5/h8-11,17,19,33H,7,12-14H2,1-6H3,(H,24,28)(H,25,30). The van der Waals surface area contributed by atoms with Gasteiger partial charge in [0.1, 0.15) is 17.7 Å². The molecule has 0 saturated carbocycles. The number of hydrogen-bond donors (Lipinski definition) is 3. The number of hydrogen-bond acceptors (Lipinski definition) is 7. The second-order valence-corrected chi connectivity index (χ2v) is 8.80. The number of thiol groups is 1. The number of carbonyl (C=O) groups excluding carboxylic acids is 4. The highest BCUT2D eigenvalue weighted by Crippen LogP contribution is 2.24. The Kier molecular flexibility index (Phi) is 11.2. The highest BCUT2D eigenvalue weighted by atomic mass is 32.1. The Bertz CT molecular complexity index is 840. The van der Waals surface area contributed by atoms with Crippen LogP contribution in [0.4, 0.5) is 4.79 Å². The molecule has 0 aliphatic carbocycles. The van der Waals surface area contributed by atoms with Crippen molar-refractivity contribution in [3.05, 3.63) is 35.4 Å². The second-order valence-electron chi connectivity index (χ2n) is 8.44. The molecule has 0 radical (unpaired) electrons. The smallest absolute Gasteiger partial charge is 0.408 e. The number of aryl methyl sites for hydroxylation is 1. The van der Waals surface area contributed by atoms with E-state index in [0.29, 0.717) is 5.56 Å². The third-order valence-electron chi connectivity index (χ3n) is 4.57. The summed E-state index contributed by atoms with van der Waals surface area (Å²) in [5.41, 5.74) is 0.699. The van der Waals surface area contributed by atoms with Crippen molar-refractivity contribution in [2.24, 2.45) is 0 Å². The monoisotopic (exact) mass is 481 g/mol. The summed E-state index contributed by atoms with van der Waals surface area (Å²) in [4.78, 5) is 51.4. The first kappa shape index (κ1) is 28.3. The second kappa shape index (κ2) is 13.1. The first-order valence-corrected chi connectivity index (χ1v) is 11.4. The average molecular weight is 482 g/mol. The summed E-state index contributed by atoms with van der Waals surface area (Å²) in [7, 11) is 1.48. The van der Waals surface area contributed by atoms with Crippen molar-refractivity contribution < 1.29 is 28.7 Å². The predicted octanol–water partition coefficient (Wildman–Crippen LogP) is 2.39. The molecule has 2 N–H and O–H groups in total. The Labute approximate surface area is 201 Å². The predicted molar refractivity (Wildman–Crippen MR) is 128 cm³/mol. The van der Waals surface area contributed by atoms with Crippen LogP contribution in [0.5, 0.6) is 0 Å². The van der Waals surface area contributed by atoms with Gasteiger partial charge in [0, 0.05) is 19.3 Å². The number of nitrogens with one attached hydrogen (secondary N) is 2. The van der Waals surface area contributed by atoms with E-state index in [2.05, 4.69) is 23.3 Å². The normalized spacial score (nSPS) is 12.8. The molecule has 0 saturated heterocycles. The van der Waals surface area contributed by atoms with Gasteiger partial charge in [-0.2, -0.15) is 12.6 Å². The molecule has 3 amide bonds. The fraction of sp³-hybridized carbons (Fsp3) is 0.565. The maximum absolute atomic E-state index is 13.2. The lowest BCUT2D eigenvalue weighted by Gasteiger charge is -2.32. The van der Waals surface area contributed by atoms with Crippen LogP contribution in [-0.4, -0.2) is 66.4 Å². The van der Waals surface area contributed by atoms with E-state index < -0.39 is 41.6 Å². The van der Waals surface area contributed by atoms with Gasteiger partial charge in [0.2, 0.25) is 11.8 Å². The molecule has 2 atom stereocenters. The van der Waals surface area contributed by atoms with Gasteiger partial charge in [-0.1, -0.05) is 24.3 Å². The minimum Gasteiger partial charge on any atom is -0.466 e. The number of nitrogens with zero attached hydrogens (tertiary/aromatic N) is 1. The van der Waals surface area contributed by atoms with Crippen LogP contribution >= 0.6 is 12.6 Å². The van der Waals surface area contributed by atoms with Crippen molar-refractivity contribution >= 4 is 36.5 Å². The maximum atomic E-state index is 13.2. The summed E-state index contributed by atoms with van der Waals surface area (Å²) in [5, 5.41) is 5.21. The van der Waals surface area contributed by atoms with Gasteiger partial charge < -0.3 is 25.0 Å². The number of carbonyl (C=O) groups is 4. The Hall–Kier alpha value is -2.75. The molecule has 0 heterocycles. The molecular formula is C23H35N3O6S. The topological polar surface area (TPSA) is 114 Å². The van der Waals surface area contributed by atoms with E-state index in [-0.39, 0.29) is 25.3 Å². The number of benzene rings is 1. The van der Waals surface area contributed by atoms with Crippen LogP contribution in [0.1, 0.15) is 51.3 Å². The average Bonchev–Trinajstić information content (AvgIpc) is 2.72. The minimum absolute atomic E-state index is 0.00733. The number of alkyl carbamates (subject to hydrolysis) is 1. The van der Waals surface area contributed by atoms with Crippen molar-refractivity contribution in [3.63, 3.8) is 0 Å². The molecule has 0 aromatic heterocycles. The number of rotatable bonds is 10. The van der Waals surface area contributed by atoms with Crippen molar-refractivity contribution in [3.8, 4) is 0 Å². The Morgan fingerprint density at radius 1 is 1.15 bits per heavy atom. The van der Waals surface area contributed by atoms with E-state index >= 15 is 0 Å². The molecule has 10 heteroatoms. The van der Waals surface area contributed by atoms with E-state index in [1.54, 1.807) is 39.8 Å². The van der Waals surface area contributed by atoms with Gasteiger partial charge >= 0.3 is 12.1 Å². The van der Waals surface area contributed by atoms with Crippen LogP contribution in [0.3, 0.4) is 0 Å². The zero-order valence-corrected chi connectivity index (χ0v) is 21.0. The Morgan fingerprint density at radius 3 is 2.33 bits per heavy atom. The molecule has 0 aliphatic rings. The van der Waals surface area contributed by atoms with Crippen molar-refractivity contribution in [2.45, 2.75) is 58.7 Å². The molecule has 0 spiro atoms. The van der Waals surface area contributed by atoms with Crippen LogP contribution in [-0.2, 0) is 23.9 Å². The Balaban J connectivity index is 3.07. The molecule has 1 aromatic carbocycles. The third-order valence-corrected chi connectivity index (χ3v) is 4.94. The lowest BCUT2D eigenvalue weighted by Crippen LogP contribution is -2.52. The van der Waals surface area contributed by atoms with Crippen molar-refractivity contribution in [2.75, 3.05) is 26.0 Å². The van der Waals surface area contributed by atoms with Gasteiger partial charge in [-0.05, 0) is 45.7 Å². The van der Waals surface area contributed by atoms with E-state index in [0.717, 1.165) is 5.56 Å². The van der Waals surface area contributed by atoms with Gasteiger partial charge in [0.25, 0.3) is 0 Å². The van der Waals surface area contributed by atoms with Crippen LogP contribution in [0.15, 0.2) is 24.3 Å². The van der Waals surface area contributed by atoms with Crippen LogP contribution in [0.2, 0.25) is 0 Å². The lowest BCUT2D eigenvalue weighted by molar-refractivity contribution is -0.143. The number of likely N-dealkylation sites (N-methyl/N-ethyl adjacent to an activating group) is 1. The van der Waals surface area contributed by atoms with Crippen LogP contribution in [0, 0.1) is 6.92 Å². The first-order chi connectivity index (χ1) is 15.4. The molecule has 9 nitrogen and oxygen atoms in total. The van der Waals surface area contributed by atoms with Gasteiger partial charge in [0.05, 0.1) is 13.0 Å². The van der Waals surface area contributed by atoms with E-state index in [9.17, 15) is 19.2 Å². The SMILES string of the molecule is CCOC(=O)CCNC(=O)C(c1ccccc1C)N(C)C(=O)C(CS)NC(=O)OC(C)(C)C. The molecule has 33 heavy (non-hydrogen) atoms. The number of esters is 1. The molecule has 184 valence electrons. The van der Waals surface area contributed by atoms with Crippen molar-refractivity contribution in [1.29, 1.82) is 0 Å². The molecule has 0 fully saturated rings. The summed E-state index contributed by atoms with van der Waals surface area (Å²) in [6, 6.07) is 5.20. The van der Waals surface area contributed by atoms with Gasteiger partial charge in [-0.3, -0.25) is 14.4 Å². The largest absolute Gasteiger partial charge is 0.466 e. The van der Waals surface area contributed by atoms with Crippen LogP contribution in [0.25, 0.3) is 0 Å².